The zero-order valence-electron chi connectivity index (χ0n) is 21.5. The molecule has 0 amide bonds. The molecule has 0 N–H and O–H groups in total. The normalized spacial score (nSPS) is 24.8. The summed E-state index contributed by atoms with van der Waals surface area (Å²) >= 11 is 1.61. The molecule has 3 atom stereocenters. The van der Waals surface area contributed by atoms with Gasteiger partial charge in [-0.2, -0.15) is 0 Å². The second-order valence-corrected chi connectivity index (χ2v) is 17.1. The first-order chi connectivity index (χ1) is 15.4. The maximum absolute atomic E-state index is 13.3. The maximum atomic E-state index is 13.3. The van der Waals surface area contributed by atoms with Crippen molar-refractivity contribution in [3.8, 4) is 0 Å². The monoisotopic (exact) mass is 490 g/mol. The second-order valence-electron chi connectivity index (χ2n) is 11.2. The summed E-state index contributed by atoms with van der Waals surface area (Å²) in [5.41, 5.74) is 0. The minimum absolute atomic E-state index is 0.0860. The summed E-state index contributed by atoms with van der Waals surface area (Å²) in [6, 6.07) is 10.2. The van der Waals surface area contributed by atoms with Crippen LogP contribution in [0.2, 0.25) is 18.1 Å². The molecule has 2 aliphatic rings. The van der Waals surface area contributed by atoms with Crippen LogP contribution < -0.4 is 0 Å². The van der Waals surface area contributed by atoms with E-state index in [2.05, 4.69) is 52.9 Å². The van der Waals surface area contributed by atoms with E-state index in [1.165, 1.54) is 6.42 Å². The number of carbonyl (C=O) groups is 1. The van der Waals surface area contributed by atoms with Gasteiger partial charge in [0.05, 0.1) is 6.10 Å². The highest BCUT2D eigenvalue weighted by atomic mass is 32.2. The molecule has 0 radical (unpaired) electrons. The largest absolute Gasteiger partial charge is 0.416 e. The highest BCUT2D eigenvalue weighted by molar-refractivity contribution is 8.03. The molecule has 2 fully saturated rings. The first-order valence-corrected chi connectivity index (χ1v) is 16.1. The molecular formula is C27H42O4SSi. The van der Waals surface area contributed by atoms with Crippen LogP contribution >= 0.6 is 11.8 Å². The zero-order valence-corrected chi connectivity index (χ0v) is 23.3. The Labute approximate surface area is 206 Å². The Balaban J connectivity index is 1.78. The van der Waals surface area contributed by atoms with Crippen molar-refractivity contribution in [2.75, 3.05) is 6.61 Å². The van der Waals surface area contributed by atoms with Crippen molar-refractivity contribution in [2.45, 2.75) is 108 Å². The SMILES string of the molecule is C[C@@H]1OC2(CCCCC2)O[C@@H]1/C(=C/C(=O)[C@@H](C)CO[Si](C)(C)C(C)(C)C)Sc1ccccc1. The third-order valence-corrected chi connectivity index (χ3v) is 12.9. The van der Waals surface area contributed by atoms with Crippen LogP contribution in [0.3, 0.4) is 0 Å². The van der Waals surface area contributed by atoms with E-state index in [0.29, 0.717) is 6.61 Å². The summed E-state index contributed by atoms with van der Waals surface area (Å²) in [4.78, 5) is 15.3. The van der Waals surface area contributed by atoms with Gasteiger partial charge in [0.2, 0.25) is 0 Å². The molecule has 1 aliphatic carbocycles. The third-order valence-electron chi connectivity index (χ3n) is 7.31. The number of carbonyl (C=O) groups excluding carboxylic acids is 1. The lowest BCUT2D eigenvalue weighted by Crippen LogP contribution is -2.42. The van der Waals surface area contributed by atoms with E-state index in [9.17, 15) is 4.79 Å². The van der Waals surface area contributed by atoms with Crippen LogP contribution in [-0.2, 0) is 18.7 Å². The predicted molar refractivity (Wildman–Crippen MR) is 139 cm³/mol. The molecule has 184 valence electrons. The molecule has 0 unspecified atom stereocenters. The number of rotatable bonds is 8. The number of hydrogen-bond acceptors (Lipinski definition) is 5. The van der Waals surface area contributed by atoms with Crippen molar-refractivity contribution in [1.82, 2.24) is 0 Å². The van der Waals surface area contributed by atoms with Crippen LogP contribution in [0, 0.1) is 5.92 Å². The number of benzene rings is 1. The molecule has 1 aliphatic heterocycles. The number of ketones is 1. The topological polar surface area (TPSA) is 44.8 Å². The maximum Gasteiger partial charge on any atom is 0.192 e. The summed E-state index contributed by atoms with van der Waals surface area (Å²) in [7, 11) is -1.90. The van der Waals surface area contributed by atoms with Crippen molar-refractivity contribution < 1.29 is 18.7 Å². The van der Waals surface area contributed by atoms with Crippen molar-refractivity contribution in [1.29, 1.82) is 0 Å². The molecule has 1 aromatic rings. The Morgan fingerprint density at radius 2 is 1.82 bits per heavy atom. The van der Waals surface area contributed by atoms with E-state index in [0.717, 1.165) is 35.5 Å². The summed E-state index contributed by atoms with van der Waals surface area (Å²) < 4.78 is 19.3. The molecule has 1 aromatic carbocycles. The molecule has 33 heavy (non-hydrogen) atoms. The fraction of sp³-hybridized carbons (Fsp3) is 0.667. The Morgan fingerprint density at radius 3 is 2.42 bits per heavy atom. The smallest absolute Gasteiger partial charge is 0.192 e. The third kappa shape index (κ3) is 6.82. The first-order valence-electron chi connectivity index (χ1n) is 12.4. The van der Waals surface area contributed by atoms with Crippen molar-refractivity contribution in [2.24, 2.45) is 5.92 Å². The highest BCUT2D eigenvalue weighted by Crippen LogP contribution is 2.45. The Hall–Kier alpha value is -0.923. The number of thioether (sulfide) groups is 1. The molecule has 4 nitrogen and oxygen atoms in total. The van der Waals surface area contributed by atoms with Crippen LogP contribution in [0.5, 0.6) is 0 Å². The van der Waals surface area contributed by atoms with Crippen LogP contribution in [0.4, 0.5) is 0 Å². The van der Waals surface area contributed by atoms with Crippen molar-refractivity contribution in [3.63, 3.8) is 0 Å². The van der Waals surface area contributed by atoms with E-state index in [1.54, 1.807) is 17.8 Å². The number of allylic oxidation sites excluding steroid dienone is 1. The van der Waals surface area contributed by atoms with Gasteiger partial charge in [-0.05, 0) is 56.1 Å². The van der Waals surface area contributed by atoms with E-state index in [-0.39, 0.29) is 28.9 Å². The van der Waals surface area contributed by atoms with Gasteiger partial charge in [0.1, 0.15) is 6.10 Å². The van der Waals surface area contributed by atoms with Gasteiger partial charge in [0.15, 0.2) is 19.9 Å². The quantitative estimate of drug-likeness (QED) is 0.216. The fourth-order valence-corrected chi connectivity index (χ4v) is 6.28. The summed E-state index contributed by atoms with van der Waals surface area (Å²) in [5, 5.41) is 0.124. The van der Waals surface area contributed by atoms with E-state index in [1.807, 2.05) is 25.1 Å². The average molecular weight is 491 g/mol. The number of hydrogen-bond donors (Lipinski definition) is 0. The lowest BCUT2D eigenvalue weighted by atomic mass is 9.94. The molecule has 3 rings (SSSR count). The molecule has 1 heterocycles. The zero-order chi connectivity index (χ0) is 24.3. The van der Waals surface area contributed by atoms with Crippen LogP contribution in [0.1, 0.15) is 66.7 Å². The second kappa shape index (κ2) is 10.8. The van der Waals surface area contributed by atoms with E-state index < -0.39 is 14.1 Å². The minimum Gasteiger partial charge on any atom is -0.416 e. The van der Waals surface area contributed by atoms with Crippen molar-refractivity contribution >= 4 is 25.9 Å². The average Bonchev–Trinajstić information content (AvgIpc) is 3.07. The van der Waals surface area contributed by atoms with Gasteiger partial charge < -0.3 is 13.9 Å². The van der Waals surface area contributed by atoms with Gasteiger partial charge in [-0.1, -0.05) is 64.1 Å². The summed E-state index contributed by atoms with van der Waals surface area (Å²) in [6.07, 6.45) is 6.84. The Bertz CT molecular complexity index is 824. The predicted octanol–water partition coefficient (Wildman–Crippen LogP) is 7.35. The van der Waals surface area contributed by atoms with Gasteiger partial charge >= 0.3 is 0 Å². The summed E-state index contributed by atoms with van der Waals surface area (Å²) in [5.74, 6) is -0.599. The van der Waals surface area contributed by atoms with Gasteiger partial charge in [0, 0.05) is 35.2 Å². The first kappa shape index (κ1) is 26.7. The van der Waals surface area contributed by atoms with Crippen LogP contribution in [0.25, 0.3) is 0 Å². The molecule has 1 saturated heterocycles. The molecule has 1 saturated carbocycles. The molecule has 6 heteroatoms. The lowest BCUT2D eigenvalue weighted by Gasteiger charge is -2.36. The fourth-order valence-electron chi connectivity index (χ4n) is 4.08. The van der Waals surface area contributed by atoms with Crippen molar-refractivity contribution in [3.05, 3.63) is 41.3 Å². The lowest BCUT2D eigenvalue weighted by molar-refractivity contribution is -0.190. The number of ether oxygens (including phenoxy) is 2. The van der Waals surface area contributed by atoms with E-state index in [4.69, 9.17) is 13.9 Å². The van der Waals surface area contributed by atoms with Gasteiger partial charge in [-0.25, -0.2) is 0 Å². The van der Waals surface area contributed by atoms with Gasteiger partial charge in [0.25, 0.3) is 0 Å². The standard InChI is InChI=1S/C27H42O4SSi/c1-20(19-29-33(6,7)26(3,4)5)23(28)18-24(32-22-14-10-8-11-15-22)25-21(2)30-27(31-25)16-12-9-13-17-27/h8,10-11,14-15,18,20-21,25H,9,12-13,16-17,19H2,1-7H3/b24-18-/t20-,21-,25-/m0/s1. The Morgan fingerprint density at radius 1 is 1.18 bits per heavy atom. The molecule has 1 spiro atoms. The Kier molecular flexibility index (Phi) is 8.71. The highest BCUT2D eigenvalue weighted by Gasteiger charge is 2.47. The van der Waals surface area contributed by atoms with Crippen LogP contribution in [-0.4, -0.2) is 38.7 Å². The minimum atomic E-state index is -1.90. The molecule has 0 aromatic heterocycles. The van der Waals surface area contributed by atoms with Crippen LogP contribution in [0.15, 0.2) is 46.2 Å². The van der Waals surface area contributed by atoms with E-state index >= 15 is 0 Å². The molecular weight excluding hydrogens is 448 g/mol. The molecule has 0 bridgehead atoms. The van der Waals surface area contributed by atoms with Gasteiger partial charge in [-0.3, -0.25) is 4.79 Å². The summed E-state index contributed by atoms with van der Waals surface area (Å²) in [6.45, 7) is 15.6. The van der Waals surface area contributed by atoms with Gasteiger partial charge in [-0.15, -0.1) is 0 Å².